The van der Waals surface area contributed by atoms with Gasteiger partial charge >= 0.3 is 5.97 Å². The Balaban J connectivity index is 2.86. The molecule has 0 bridgehead atoms. The molecule has 0 saturated heterocycles. The summed E-state index contributed by atoms with van der Waals surface area (Å²) in [6.07, 6.45) is 0. The topological polar surface area (TPSA) is 53.4 Å². The molecule has 0 aliphatic carbocycles. The van der Waals surface area contributed by atoms with Gasteiger partial charge in [-0.05, 0) is 32.1 Å². The summed E-state index contributed by atoms with van der Waals surface area (Å²) in [5, 5.41) is 9.88. The number of carboxylic acid groups (broad SMARTS) is 1. The van der Waals surface area contributed by atoms with Crippen molar-refractivity contribution in [3.63, 3.8) is 0 Å². The normalized spacial score (nSPS) is 11.2. The first-order valence-electron chi connectivity index (χ1n) is 5.93. The lowest BCUT2D eigenvalue weighted by Gasteiger charge is -2.11. The van der Waals surface area contributed by atoms with Crippen LogP contribution in [0.4, 0.5) is 0 Å². The molecule has 1 rings (SSSR count). The van der Waals surface area contributed by atoms with Crippen molar-refractivity contribution >= 4 is 17.7 Å². The number of nitrogens with zero attached hydrogens (tertiary/aromatic N) is 2. The molecular weight excluding hydrogens is 248 g/mol. The SMILES string of the molecule is CC(C)c1cc(C(=O)O)cc(SCCN(C)C)n1. The molecule has 18 heavy (non-hydrogen) atoms. The summed E-state index contributed by atoms with van der Waals surface area (Å²) in [5.41, 5.74) is 1.16. The Morgan fingerprint density at radius 3 is 2.61 bits per heavy atom. The van der Waals surface area contributed by atoms with Gasteiger partial charge in [0.2, 0.25) is 0 Å². The lowest BCUT2D eigenvalue weighted by Crippen LogP contribution is -2.15. The molecule has 5 heteroatoms. The molecule has 0 saturated carbocycles. The van der Waals surface area contributed by atoms with Crippen LogP contribution >= 0.6 is 11.8 Å². The lowest BCUT2D eigenvalue weighted by atomic mass is 10.1. The van der Waals surface area contributed by atoms with Gasteiger partial charge in [0.1, 0.15) is 0 Å². The second-order valence-electron chi connectivity index (χ2n) is 4.73. The molecule has 0 aliphatic rings. The van der Waals surface area contributed by atoms with E-state index in [1.54, 1.807) is 23.9 Å². The summed E-state index contributed by atoms with van der Waals surface area (Å²) in [6, 6.07) is 3.30. The molecule has 1 heterocycles. The summed E-state index contributed by atoms with van der Waals surface area (Å²) < 4.78 is 0. The van der Waals surface area contributed by atoms with Crippen LogP contribution in [0, 0.1) is 0 Å². The zero-order valence-electron chi connectivity index (χ0n) is 11.3. The maximum Gasteiger partial charge on any atom is 0.335 e. The molecule has 100 valence electrons. The second kappa shape index (κ2) is 6.75. The first-order valence-corrected chi connectivity index (χ1v) is 6.91. The van der Waals surface area contributed by atoms with Crippen molar-refractivity contribution in [2.24, 2.45) is 0 Å². The van der Waals surface area contributed by atoms with Crippen LogP contribution in [0.3, 0.4) is 0 Å². The Morgan fingerprint density at radius 1 is 1.44 bits per heavy atom. The molecule has 1 N–H and O–H groups in total. The highest BCUT2D eigenvalue weighted by Crippen LogP contribution is 2.21. The van der Waals surface area contributed by atoms with Gasteiger partial charge in [0, 0.05) is 18.0 Å². The zero-order chi connectivity index (χ0) is 13.7. The molecule has 0 spiro atoms. The Bertz CT molecular complexity index is 419. The van der Waals surface area contributed by atoms with Crippen LogP contribution in [0.1, 0.15) is 35.8 Å². The van der Waals surface area contributed by atoms with Crippen LogP contribution < -0.4 is 0 Å². The predicted molar refractivity (Wildman–Crippen MR) is 74.6 cm³/mol. The molecule has 0 amide bonds. The molecule has 0 aliphatic heterocycles. The number of hydrogen-bond donors (Lipinski definition) is 1. The highest BCUT2D eigenvalue weighted by Gasteiger charge is 2.11. The number of thioether (sulfide) groups is 1. The van der Waals surface area contributed by atoms with Crippen LogP contribution in [0.25, 0.3) is 0 Å². The first-order chi connectivity index (χ1) is 8.40. The average molecular weight is 268 g/mol. The first kappa shape index (κ1) is 15.0. The fourth-order valence-electron chi connectivity index (χ4n) is 1.35. The van der Waals surface area contributed by atoms with Gasteiger partial charge in [-0.15, -0.1) is 11.8 Å². The summed E-state index contributed by atoms with van der Waals surface area (Å²) in [5.74, 6) is 0.243. The van der Waals surface area contributed by atoms with E-state index in [9.17, 15) is 4.79 Å². The van der Waals surface area contributed by atoms with Gasteiger partial charge in [-0.25, -0.2) is 9.78 Å². The third-order valence-corrected chi connectivity index (χ3v) is 3.34. The summed E-state index contributed by atoms with van der Waals surface area (Å²) in [6.45, 7) is 4.98. The summed E-state index contributed by atoms with van der Waals surface area (Å²) >= 11 is 1.60. The van der Waals surface area contributed by atoms with Crippen LogP contribution in [-0.2, 0) is 0 Å². The molecule has 1 aromatic heterocycles. The number of aromatic nitrogens is 1. The molecule has 0 aromatic carbocycles. The Morgan fingerprint density at radius 2 is 2.11 bits per heavy atom. The third kappa shape index (κ3) is 4.66. The average Bonchev–Trinajstić information content (AvgIpc) is 2.28. The highest BCUT2D eigenvalue weighted by atomic mass is 32.2. The quantitative estimate of drug-likeness (QED) is 0.804. The van der Waals surface area contributed by atoms with Crippen LogP contribution in [-0.4, -0.2) is 47.4 Å². The Hall–Kier alpha value is -1.07. The number of hydrogen-bond acceptors (Lipinski definition) is 4. The molecule has 4 nitrogen and oxygen atoms in total. The van der Waals surface area contributed by atoms with E-state index in [1.165, 1.54) is 0 Å². The molecule has 0 radical (unpaired) electrons. The van der Waals surface area contributed by atoms with Crippen molar-refractivity contribution in [1.82, 2.24) is 9.88 Å². The van der Waals surface area contributed by atoms with Gasteiger partial charge in [0.15, 0.2) is 0 Å². The minimum Gasteiger partial charge on any atom is -0.478 e. The van der Waals surface area contributed by atoms with E-state index in [4.69, 9.17) is 5.11 Å². The fourth-order valence-corrected chi connectivity index (χ4v) is 2.40. The van der Waals surface area contributed by atoms with Crippen molar-refractivity contribution in [2.75, 3.05) is 26.4 Å². The van der Waals surface area contributed by atoms with E-state index in [0.717, 1.165) is 23.0 Å². The van der Waals surface area contributed by atoms with E-state index in [-0.39, 0.29) is 5.92 Å². The maximum atomic E-state index is 11.1. The van der Waals surface area contributed by atoms with Gasteiger partial charge in [0.25, 0.3) is 0 Å². The van der Waals surface area contributed by atoms with Crippen molar-refractivity contribution in [1.29, 1.82) is 0 Å². The third-order valence-electron chi connectivity index (χ3n) is 2.45. The standard InChI is InChI=1S/C13H20N2O2S/c1-9(2)11-7-10(13(16)17)8-12(14-11)18-6-5-15(3)4/h7-9H,5-6H2,1-4H3,(H,16,17). The molecule has 0 unspecified atom stereocenters. The lowest BCUT2D eigenvalue weighted by molar-refractivity contribution is 0.0696. The minimum atomic E-state index is -0.895. The maximum absolute atomic E-state index is 11.1. The molecule has 1 aromatic rings. The number of carboxylic acids is 1. The van der Waals surface area contributed by atoms with Gasteiger partial charge in [0.05, 0.1) is 10.6 Å². The Labute approximate surface area is 112 Å². The van der Waals surface area contributed by atoms with E-state index in [0.29, 0.717) is 5.56 Å². The van der Waals surface area contributed by atoms with E-state index in [1.807, 2.05) is 27.9 Å². The van der Waals surface area contributed by atoms with Crippen LogP contribution in [0.15, 0.2) is 17.2 Å². The molecule has 0 fully saturated rings. The van der Waals surface area contributed by atoms with Gasteiger partial charge in [-0.2, -0.15) is 0 Å². The van der Waals surface area contributed by atoms with Gasteiger partial charge < -0.3 is 10.0 Å². The highest BCUT2D eigenvalue weighted by molar-refractivity contribution is 7.99. The summed E-state index contributed by atoms with van der Waals surface area (Å²) in [4.78, 5) is 17.7. The zero-order valence-corrected chi connectivity index (χ0v) is 12.1. The fraction of sp³-hybridized carbons (Fsp3) is 0.538. The molecular formula is C13H20N2O2S. The smallest absolute Gasteiger partial charge is 0.335 e. The van der Waals surface area contributed by atoms with E-state index >= 15 is 0 Å². The Kier molecular flexibility index (Phi) is 5.62. The minimum absolute atomic E-state index is 0.234. The van der Waals surface area contributed by atoms with Gasteiger partial charge in [-0.3, -0.25) is 0 Å². The second-order valence-corrected chi connectivity index (χ2v) is 5.85. The number of carbonyl (C=O) groups is 1. The number of pyridine rings is 1. The van der Waals surface area contributed by atoms with E-state index in [2.05, 4.69) is 9.88 Å². The summed E-state index contributed by atoms with van der Waals surface area (Å²) in [7, 11) is 4.03. The van der Waals surface area contributed by atoms with Gasteiger partial charge in [-0.1, -0.05) is 13.8 Å². The van der Waals surface area contributed by atoms with Crippen molar-refractivity contribution < 1.29 is 9.90 Å². The van der Waals surface area contributed by atoms with Crippen molar-refractivity contribution in [3.8, 4) is 0 Å². The van der Waals surface area contributed by atoms with E-state index < -0.39 is 5.97 Å². The predicted octanol–water partition coefficient (Wildman–Crippen LogP) is 2.56. The largest absolute Gasteiger partial charge is 0.478 e. The van der Waals surface area contributed by atoms with Crippen LogP contribution in [0.5, 0.6) is 0 Å². The van der Waals surface area contributed by atoms with Crippen LogP contribution in [0.2, 0.25) is 0 Å². The number of rotatable bonds is 6. The number of aromatic carboxylic acids is 1. The van der Waals surface area contributed by atoms with Crippen molar-refractivity contribution in [3.05, 3.63) is 23.4 Å². The van der Waals surface area contributed by atoms with Crippen molar-refractivity contribution in [2.45, 2.75) is 24.8 Å². The monoisotopic (exact) mass is 268 g/mol. The molecule has 0 atom stereocenters.